The highest BCUT2D eigenvalue weighted by molar-refractivity contribution is 6.06. The Balaban J connectivity index is 1.20. The zero-order chi connectivity index (χ0) is 19.7. The maximum atomic E-state index is 12.7. The standard InChI is InChI=1S/C21H33N5O2/c1-3-8-25-9-6-14(13-25)12-24-21(22-2)23-7-10-26-19(27)17-15-4-5-16(11-15)18(17)20(26)28/h4-5,14-18H,3,6-13H2,1-2H3,(H2,22,23,24). The predicted octanol–water partition coefficient (Wildman–Crippen LogP) is 0.690. The molecule has 5 unspecified atom stereocenters. The van der Waals surface area contributed by atoms with Crippen molar-refractivity contribution in [2.24, 2.45) is 34.6 Å². The first kappa shape index (κ1) is 19.4. The molecule has 28 heavy (non-hydrogen) atoms. The van der Waals surface area contributed by atoms with E-state index in [1.807, 2.05) is 0 Å². The van der Waals surface area contributed by atoms with Crippen molar-refractivity contribution in [1.82, 2.24) is 20.4 Å². The molecule has 0 aromatic heterocycles. The van der Waals surface area contributed by atoms with Crippen LogP contribution in [-0.2, 0) is 9.59 Å². The fraction of sp³-hybridized carbons (Fsp3) is 0.762. The van der Waals surface area contributed by atoms with Crippen molar-refractivity contribution in [2.75, 3.05) is 46.3 Å². The molecule has 5 atom stereocenters. The minimum atomic E-state index is -0.103. The minimum Gasteiger partial charge on any atom is -0.356 e. The summed E-state index contributed by atoms with van der Waals surface area (Å²) in [6.07, 6.45) is 7.67. The maximum absolute atomic E-state index is 12.7. The van der Waals surface area contributed by atoms with E-state index in [1.54, 1.807) is 7.05 Å². The van der Waals surface area contributed by atoms with Gasteiger partial charge in [-0.2, -0.15) is 0 Å². The summed E-state index contributed by atoms with van der Waals surface area (Å²) in [4.78, 5) is 33.7. The minimum absolute atomic E-state index is 0.0265. The van der Waals surface area contributed by atoms with Crippen LogP contribution in [-0.4, -0.2) is 73.9 Å². The number of fused-ring (bicyclic) bond motifs is 5. The summed E-state index contributed by atoms with van der Waals surface area (Å²) < 4.78 is 0. The molecule has 2 N–H and O–H groups in total. The second-order valence-electron chi connectivity index (χ2n) is 8.66. The Kier molecular flexibility index (Phi) is 5.71. The molecule has 4 rings (SSSR count). The van der Waals surface area contributed by atoms with Crippen molar-refractivity contribution in [2.45, 2.75) is 26.2 Å². The van der Waals surface area contributed by atoms with Crippen LogP contribution in [0.1, 0.15) is 26.2 Å². The number of guanidine groups is 1. The van der Waals surface area contributed by atoms with Crippen molar-refractivity contribution >= 4 is 17.8 Å². The van der Waals surface area contributed by atoms with Crippen LogP contribution in [0.5, 0.6) is 0 Å². The van der Waals surface area contributed by atoms with Crippen molar-refractivity contribution in [3.8, 4) is 0 Å². The third kappa shape index (κ3) is 3.56. The van der Waals surface area contributed by atoms with Crippen LogP contribution in [0.2, 0.25) is 0 Å². The third-order valence-corrected chi connectivity index (χ3v) is 6.88. The number of likely N-dealkylation sites (tertiary alicyclic amines) is 2. The predicted molar refractivity (Wildman–Crippen MR) is 109 cm³/mol. The Morgan fingerprint density at radius 2 is 1.86 bits per heavy atom. The van der Waals surface area contributed by atoms with Crippen molar-refractivity contribution in [1.29, 1.82) is 0 Å². The highest BCUT2D eigenvalue weighted by Gasteiger charge is 2.58. The Bertz CT molecular complexity index is 646. The van der Waals surface area contributed by atoms with Crippen molar-refractivity contribution in [3.05, 3.63) is 12.2 Å². The molecule has 2 saturated heterocycles. The molecule has 0 spiro atoms. The van der Waals surface area contributed by atoms with Crippen LogP contribution in [0.15, 0.2) is 17.1 Å². The van der Waals surface area contributed by atoms with E-state index in [4.69, 9.17) is 0 Å². The molecular formula is C21H33N5O2. The molecule has 7 heteroatoms. The summed E-state index contributed by atoms with van der Waals surface area (Å²) in [5.41, 5.74) is 0. The topological polar surface area (TPSA) is 77.0 Å². The number of rotatable bonds is 7. The molecule has 0 aromatic rings. The Morgan fingerprint density at radius 1 is 1.14 bits per heavy atom. The van der Waals surface area contributed by atoms with Gasteiger partial charge in [-0.3, -0.25) is 19.5 Å². The normalized spacial score (nSPS) is 34.6. The van der Waals surface area contributed by atoms with Gasteiger partial charge in [0.25, 0.3) is 0 Å². The molecule has 4 aliphatic rings. The molecule has 7 nitrogen and oxygen atoms in total. The number of imide groups is 1. The number of aliphatic imine (C=N–C) groups is 1. The van der Waals surface area contributed by atoms with E-state index in [1.165, 1.54) is 30.8 Å². The van der Waals surface area contributed by atoms with Crippen LogP contribution in [0.25, 0.3) is 0 Å². The second-order valence-corrected chi connectivity index (χ2v) is 8.66. The first-order valence-corrected chi connectivity index (χ1v) is 10.8. The van der Waals surface area contributed by atoms with Gasteiger partial charge >= 0.3 is 0 Å². The van der Waals surface area contributed by atoms with Gasteiger partial charge < -0.3 is 15.5 Å². The van der Waals surface area contributed by atoms with Gasteiger partial charge in [0.15, 0.2) is 5.96 Å². The zero-order valence-electron chi connectivity index (χ0n) is 17.1. The first-order chi connectivity index (χ1) is 13.6. The molecule has 2 bridgehead atoms. The number of nitrogens with one attached hydrogen (secondary N) is 2. The van der Waals surface area contributed by atoms with E-state index in [0.717, 1.165) is 25.5 Å². The highest BCUT2D eigenvalue weighted by Crippen LogP contribution is 2.52. The van der Waals surface area contributed by atoms with Gasteiger partial charge in [0.05, 0.1) is 11.8 Å². The molecule has 2 amide bonds. The number of hydrogen-bond donors (Lipinski definition) is 2. The molecule has 154 valence electrons. The average Bonchev–Trinajstić information content (AvgIpc) is 3.45. The van der Waals surface area contributed by atoms with Gasteiger partial charge in [-0.1, -0.05) is 19.1 Å². The smallest absolute Gasteiger partial charge is 0.233 e. The number of amides is 2. The quantitative estimate of drug-likeness (QED) is 0.291. The van der Waals surface area contributed by atoms with Gasteiger partial charge in [-0.05, 0) is 50.1 Å². The Labute approximate surface area is 167 Å². The lowest BCUT2D eigenvalue weighted by atomic mass is 9.85. The lowest BCUT2D eigenvalue weighted by Crippen LogP contribution is -2.45. The Hall–Kier alpha value is -1.89. The molecule has 0 radical (unpaired) electrons. The summed E-state index contributed by atoms with van der Waals surface area (Å²) >= 11 is 0. The monoisotopic (exact) mass is 387 g/mol. The molecule has 2 aliphatic carbocycles. The molecule has 1 saturated carbocycles. The number of hydrogen-bond acceptors (Lipinski definition) is 4. The number of carbonyl (C=O) groups is 2. The summed E-state index contributed by atoms with van der Waals surface area (Å²) in [6.45, 7) is 7.59. The molecule has 0 aromatic carbocycles. The SMILES string of the molecule is CCCN1CCC(CNC(=NC)NCCN2C(=O)C3C4C=CC(C4)C3C2=O)C1. The first-order valence-electron chi connectivity index (χ1n) is 10.8. The van der Waals surface area contributed by atoms with Gasteiger partial charge in [0.2, 0.25) is 11.8 Å². The zero-order valence-corrected chi connectivity index (χ0v) is 17.1. The van der Waals surface area contributed by atoms with Gasteiger partial charge in [0, 0.05) is 33.2 Å². The highest BCUT2D eigenvalue weighted by atomic mass is 16.2. The largest absolute Gasteiger partial charge is 0.356 e. The van der Waals surface area contributed by atoms with Crippen LogP contribution in [0.4, 0.5) is 0 Å². The van der Waals surface area contributed by atoms with Crippen LogP contribution < -0.4 is 10.6 Å². The summed E-state index contributed by atoms with van der Waals surface area (Å²) in [5.74, 6) is 1.79. The summed E-state index contributed by atoms with van der Waals surface area (Å²) in [5, 5.41) is 6.66. The number of allylic oxidation sites excluding steroid dienone is 2. The lowest BCUT2D eigenvalue weighted by molar-refractivity contribution is -0.140. The van der Waals surface area contributed by atoms with Gasteiger partial charge in [-0.25, -0.2) is 0 Å². The number of nitrogens with zero attached hydrogens (tertiary/aromatic N) is 3. The molecule has 3 fully saturated rings. The maximum Gasteiger partial charge on any atom is 0.233 e. The summed E-state index contributed by atoms with van der Waals surface area (Å²) in [6, 6.07) is 0. The van der Waals surface area contributed by atoms with Crippen molar-refractivity contribution in [3.63, 3.8) is 0 Å². The van der Waals surface area contributed by atoms with Crippen molar-refractivity contribution < 1.29 is 9.59 Å². The van der Waals surface area contributed by atoms with Gasteiger partial charge in [0.1, 0.15) is 0 Å². The number of carbonyl (C=O) groups excluding carboxylic acids is 2. The van der Waals surface area contributed by atoms with Crippen LogP contribution in [0.3, 0.4) is 0 Å². The fourth-order valence-corrected chi connectivity index (χ4v) is 5.53. The van der Waals surface area contributed by atoms with E-state index in [0.29, 0.717) is 19.0 Å². The second kappa shape index (κ2) is 8.23. The third-order valence-electron chi connectivity index (χ3n) is 6.88. The summed E-state index contributed by atoms with van der Waals surface area (Å²) in [7, 11) is 1.76. The van der Waals surface area contributed by atoms with E-state index in [-0.39, 0.29) is 35.5 Å². The molecule has 2 aliphatic heterocycles. The average molecular weight is 388 g/mol. The van der Waals surface area contributed by atoms with E-state index >= 15 is 0 Å². The molecular weight excluding hydrogens is 354 g/mol. The van der Waals surface area contributed by atoms with Crippen LogP contribution >= 0.6 is 0 Å². The van der Waals surface area contributed by atoms with E-state index < -0.39 is 0 Å². The Morgan fingerprint density at radius 3 is 2.50 bits per heavy atom. The molecule has 2 heterocycles. The van der Waals surface area contributed by atoms with E-state index in [9.17, 15) is 9.59 Å². The van der Waals surface area contributed by atoms with Gasteiger partial charge in [-0.15, -0.1) is 0 Å². The fourth-order valence-electron chi connectivity index (χ4n) is 5.53. The van der Waals surface area contributed by atoms with E-state index in [2.05, 4.69) is 39.6 Å². The van der Waals surface area contributed by atoms with Crippen LogP contribution in [0, 0.1) is 29.6 Å². The lowest BCUT2D eigenvalue weighted by Gasteiger charge is -2.19.